The van der Waals surface area contributed by atoms with E-state index in [9.17, 15) is 13.6 Å². The average molecular weight is 401 g/mol. The molecule has 0 aliphatic heterocycles. The molecule has 0 saturated heterocycles. The van der Waals surface area contributed by atoms with E-state index in [0.717, 1.165) is 18.1 Å². The summed E-state index contributed by atoms with van der Waals surface area (Å²) in [5, 5.41) is 5.10. The molecule has 1 fully saturated rings. The minimum Gasteiger partial charge on any atom is -0.339 e. The molecule has 1 aliphatic rings. The minimum absolute atomic E-state index is 0.222. The standard InChI is InChI=1S/C21H21F2N3OS/c22-17-8-16(9-18(23)11-17)13-26-12-15(7-14-3-1-2-4-14)10-19(26)20(27)25-21-24-5-6-28-21/h5-6,8-12,14H,1-4,7,13H2,(H,24,25,27). The van der Waals surface area contributed by atoms with E-state index in [4.69, 9.17) is 0 Å². The number of aromatic nitrogens is 2. The van der Waals surface area contributed by atoms with Gasteiger partial charge in [-0.1, -0.05) is 25.7 Å². The topological polar surface area (TPSA) is 46.9 Å². The van der Waals surface area contributed by atoms with Crippen molar-refractivity contribution >= 4 is 22.4 Å². The molecule has 0 radical (unpaired) electrons. The van der Waals surface area contributed by atoms with Crippen LogP contribution >= 0.6 is 11.3 Å². The fourth-order valence-corrected chi connectivity index (χ4v) is 4.42. The number of benzene rings is 1. The monoisotopic (exact) mass is 401 g/mol. The average Bonchev–Trinajstić information content (AvgIpc) is 3.37. The zero-order valence-electron chi connectivity index (χ0n) is 15.3. The van der Waals surface area contributed by atoms with Crippen LogP contribution < -0.4 is 5.32 Å². The molecule has 0 spiro atoms. The van der Waals surface area contributed by atoms with Crippen molar-refractivity contribution in [3.63, 3.8) is 0 Å². The van der Waals surface area contributed by atoms with Gasteiger partial charge in [0.15, 0.2) is 5.13 Å². The summed E-state index contributed by atoms with van der Waals surface area (Å²) in [6.45, 7) is 0.222. The van der Waals surface area contributed by atoms with E-state index in [-0.39, 0.29) is 12.5 Å². The molecule has 0 unspecified atom stereocenters. The van der Waals surface area contributed by atoms with Crippen LogP contribution in [0.15, 0.2) is 42.0 Å². The van der Waals surface area contributed by atoms with E-state index in [0.29, 0.717) is 22.3 Å². The van der Waals surface area contributed by atoms with Crippen molar-refractivity contribution in [1.29, 1.82) is 0 Å². The Morgan fingerprint density at radius 2 is 1.89 bits per heavy atom. The molecule has 1 N–H and O–H groups in total. The van der Waals surface area contributed by atoms with E-state index in [1.54, 1.807) is 16.1 Å². The fourth-order valence-electron chi connectivity index (χ4n) is 3.90. The number of anilines is 1. The second-order valence-electron chi connectivity index (χ2n) is 7.29. The Morgan fingerprint density at radius 3 is 2.57 bits per heavy atom. The van der Waals surface area contributed by atoms with Crippen molar-refractivity contribution in [3.05, 3.63) is 70.5 Å². The molecule has 4 rings (SSSR count). The molecule has 1 aliphatic carbocycles. The second-order valence-corrected chi connectivity index (χ2v) is 8.18. The molecule has 3 aromatic rings. The SMILES string of the molecule is O=C(Nc1nccs1)c1cc(CC2CCCC2)cn1Cc1cc(F)cc(F)c1. The van der Waals surface area contributed by atoms with Crippen LogP contribution in [0, 0.1) is 17.6 Å². The van der Waals surface area contributed by atoms with Gasteiger partial charge in [-0.3, -0.25) is 10.1 Å². The van der Waals surface area contributed by atoms with Gasteiger partial charge in [-0.2, -0.15) is 0 Å². The predicted molar refractivity (Wildman–Crippen MR) is 106 cm³/mol. The zero-order valence-corrected chi connectivity index (χ0v) is 16.1. The third kappa shape index (κ3) is 4.47. The Kier molecular flexibility index (Phi) is 5.52. The molecular weight excluding hydrogens is 380 g/mol. The van der Waals surface area contributed by atoms with Crippen LogP contribution in [-0.2, 0) is 13.0 Å². The summed E-state index contributed by atoms with van der Waals surface area (Å²) >= 11 is 1.34. The first-order valence-corrected chi connectivity index (χ1v) is 10.3. The van der Waals surface area contributed by atoms with Crippen molar-refractivity contribution in [3.8, 4) is 0 Å². The van der Waals surface area contributed by atoms with Crippen LogP contribution in [0.2, 0.25) is 0 Å². The third-order valence-electron chi connectivity index (χ3n) is 5.11. The van der Waals surface area contributed by atoms with Gasteiger partial charge in [0.2, 0.25) is 0 Å². The number of nitrogens with one attached hydrogen (secondary N) is 1. The quantitative estimate of drug-likeness (QED) is 0.613. The molecule has 1 amide bonds. The summed E-state index contributed by atoms with van der Waals surface area (Å²) in [6.07, 6.45) is 9.40. The molecule has 2 heterocycles. The maximum Gasteiger partial charge on any atom is 0.274 e. The molecule has 1 aromatic carbocycles. The van der Waals surface area contributed by atoms with Gasteiger partial charge in [0.05, 0.1) is 0 Å². The molecule has 1 saturated carbocycles. The molecule has 28 heavy (non-hydrogen) atoms. The summed E-state index contributed by atoms with van der Waals surface area (Å²) in [6, 6.07) is 5.32. The van der Waals surface area contributed by atoms with E-state index in [2.05, 4.69) is 10.3 Å². The predicted octanol–water partition coefficient (Wildman–Crippen LogP) is 5.26. The zero-order chi connectivity index (χ0) is 19.5. The number of hydrogen-bond acceptors (Lipinski definition) is 3. The molecule has 0 atom stereocenters. The first-order chi connectivity index (χ1) is 13.6. The Labute approximate surface area is 166 Å². The number of rotatable bonds is 6. The normalized spacial score (nSPS) is 14.5. The van der Waals surface area contributed by atoms with E-state index >= 15 is 0 Å². The lowest BCUT2D eigenvalue weighted by Gasteiger charge is -2.09. The minimum atomic E-state index is -0.623. The van der Waals surface area contributed by atoms with Crippen molar-refractivity contribution in [2.75, 3.05) is 5.32 Å². The number of nitrogens with zero attached hydrogens (tertiary/aromatic N) is 2. The van der Waals surface area contributed by atoms with Gasteiger partial charge in [0.1, 0.15) is 17.3 Å². The molecule has 0 bridgehead atoms. The number of hydrogen-bond donors (Lipinski definition) is 1. The highest BCUT2D eigenvalue weighted by molar-refractivity contribution is 7.13. The second kappa shape index (κ2) is 8.22. The molecular formula is C21H21F2N3OS. The van der Waals surface area contributed by atoms with Crippen molar-refractivity contribution in [2.45, 2.75) is 38.6 Å². The highest BCUT2D eigenvalue weighted by Gasteiger charge is 2.20. The summed E-state index contributed by atoms with van der Waals surface area (Å²) in [4.78, 5) is 16.9. The van der Waals surface area contributed by atoms with E-state index in [1.165, 1.54) is 49.2 Å². The van der Waals surface area contributed by atoms with Crippen molar-refractivity contribution in [2.24, 2.45) is 5.92 Å². The Hall–Kier alpha value is -2.54. The van der Waals surface area contributed by atoms with E-state index < -0.39 is 11.6 Å². The van der Waals surface area contributed by atoms with Gasteiger partial charge in [0.25, 0.3) is 5.91 Å². The smallest absolute Gasteiger partial charge is 0.274 e. The van der Waals surface area contributed by atoms with Crippen LogP contribution in [0.1, 0.15) is 47.3 Å². The summed E-state index contributed by atoms with van der Waals surface area (Å²) in [7, 11) is 0. The van der Waals surface area contributed by atoms with Crippen LogP contribution in [0.25, 0.3) is 0 Å². The summed E-state index contributed by atoms with van der Waals surface area (Å²) < 4.78 is 28.9. The van der Waals surface area contributed by atoms with Crippen LogP contribution in [0.4, 0.5) is 13.9 Å². The van der Waals surface area contributed by atoms with Crippen LogP contribution in [0.5, 0.6) is 0 Å². The van der Waals surface area contributed by atoms with Crippen molar-refractivity contribution in [1.82, 2.24) is 9.55 Å². The lowest BCUT2D eigenvalue weighted by molar-refractivity contribution is 0.101. The first kappa shape index (κ1) is 18.8. The Morgan fingerprint density at radius 1 is 1.14 bits per heavy atom. The van der Waals surface area contributed by atoms with Gasteiger partial charge < -0.3 is 4.57 Å². The van der Waals surface area contributed by atoms with Crippen LogP contribution in [0.3, 0.4) is 0 Å². The van der Waals surface area contributed by atoms with Gasteiger partial charge in [0, 0.05) is 30.4 Å². The largest absolute Gasteiger partial charge is 0.339 e. The number of amides is 1. The van der Waals surface area contributed by atoms with Gasteiger partial charge >= 0.3 is 0 Å². The van der Waals surface area contributed by atoms with Crippen molar-refractivity contribution < 1.29 is 13.6 Å². The summed E-state index contributed by atoms with van der Waals surface area (Å²) in [5.41, 5.74) is 2.02. The maximum absolute atomic E-state index is 13.6. The number of thiazole rings is 1. The lowest BCUT2D eigenvalue weighted by Crippen LogP contribution is -2.17. The lowest BCUT2D eigenvalue weighted by atomic mass is 10.00. The molecule has 146 valence electrons. The van der Waals surface area contributed by atoms with Gasteiger partial charge in [-0.15, -0.1) is 11.3 Å². The fraction of sp³-hybridized carbons (Fsp3) is 0.333. The maximum atomic E-state index is 13.6. The van der Waals surface area contributed by atoms with Gasteiger partial charge in [-0.25, -0.2) is 13.8 Å². The molecule has 2 aromatic heterocycles. The third-order valence-corrected chi connectivity index (χ3v) is 5.80. The van der Waals surface area contributed by atoms with E-state index in [1.807, 2.05) is 12.3 Å². The number of carbonyl (C=O) groups is 1. The highest BCUT2D eigenvalue weighted by Crippen LogP contribution is 2.29. The number of carbonyl (C=O) groups excluding carboxylic acids is 1. The molecule has 7 heteroatoms. The van der Waals surface area contributed by atoms with Crippen LogP contribution in [-0.4, -0.2) is 15.5 Å². The highest BCUT2D eigenvalue weighted by atomic mass is 32.1. The Balaban J connectivity index is 1.61. The van der Waals surface area contributed by atoms with Gasteiger partial charge in [-0.05, 0) is 41.7 Å². The Bertz CT molecular complexity index is 942. The first-order valence-electron chi connectivity index (χ1n) is 9.42. The number of halogens is 2. The summed E-state index contributed by atoms with van der Waals surface area (Å²) in [5.74, 6) is -0.883. The molecule has 4 nitrogen and oxygen atoms in total.